The second-order valence-electron chi connectivity index (χ2n) is 19.1. The minimum Gasteiger partial charge on any atom is -0.489 e. The molecule has 2 aliphatic carbocycles. The molecule has 10 rings (SSSR count). The maximum absolute atomic E-state index is 12.2. The lowest BCUT2D eigenvalue weighted by atomic mass is 10.00. The van der Waals surface area contributed by atoms with Crippen LogP contribution in [0.4, 0.5) is 5.69 Å². The van der Waals surface area contributed by atoms with Crippen LogP contribution in [0.25, 0.3) is 22.5 Å². The van der Waals surface area contributed by atoms with Gasteiger partial charge in [-0.2, -0.15) is 0 Å². The fourth-order valence-electron chi connectivity index (χ4n) is 8.72. The van der Waals surface area contributed by atoms with E-state index in [4.69, 9.17) is 103 Å². The first kappa shape index (κ1) is 58.3. The highest BCUT2D eigenvalue weighted by Gasteiger charge is 2.35. The van der Waals surface area contributed by atoms with Crippen LogP contribution in [0.1, 0.15) is 128 Å². The summed E-state index contributed by atoms with van der Waals surface area (Å²) in [6, 6.07) is 31.0. The van der Waals surface area contributed by atoms with Gasteiger partial charge in [-0.05, 0) is 123 Å². The lowest BCUT2D eigenvalue weighted by molar-refractivity contribution is -0.118. The van der Waals surface area contributed by atoms with E-state index in [9.17, 15) is 14.4 Å². The van der Waals surface area contributed by atoms with E-state index in [0.717, 1.165) is 54.8 Å². The highest BCUT2D eigenvalue weighted by atomic mass is 35.5. The smallest absolute Gasteiger partial charge is 0.337 e. The molecule has 412 valence electrons. The number of rotatable bonds is 16. The summed E-state index contributed by atoms with van der Waals surface area (Å²) >= 11 is 38.9. The number of ether oxygens (including phenoxy) is 4. The molecule has 2 N–H and O–H groups in total. The Hall–Kier alpha value is -7.39. The van der Waals surface area contributed by atoms with Crippen molar-refractivity contribution in [3.63, 3.8) is 0 Å². The first-order valence-electron chi connectivity index (χ1n) is 25.6. The summed E-state index contributed by atoms with van der Waals surface area (Å²) in [6.07, 6.45) is 5.57. The summed E-state index contributed by atoms with van der Waals surface area (Å²) in [5.74, 6) is 14.5. The highest BCUT2D eigenvalue weighted by molar-refractivity contribution is 6.40. The molecular weight excluding hydrogens is 1160 g/mol. The minimum absolute atomic E-state index is 0.0968. The van der Waals surface area contributed by atoms with Gasteiger partial charge in [0, 0.05) is 75.9 Å². The first-order chi connectivity index (χ1) is 39.1. The SMILES string of the molecule is CCCC(=O)Cc1cc(C#Cc2ccc(OCc3c(-c4c(Cl)cccc4Cl)noc3C3CC3)cc2Cl)cc(C(=O)OC)c1.COC(=O)c1cc(N)cc(C#Cc2ccc(OCc3c(-c4c(Cl)cccc4Cl)noc3C3CC3)cc2Cl)c1. The van der Waals surface area contributed by atoms with Gasteiger partial charge < -0.3 is 33.7 Å². The molecule has 0 spiro atoms. The number of nitrogens with zero attached hydrogens (tertiary/aromatic N) is 2. The van der Waals surface area contributed by atoms with Gasteiger partial charge in [-0.15, -0.1) is 0 Å². The first-order valence-corrected chi connectivity index (χ1v) is 27.8. The van der Waals surface area contributed by atoms with E-state index in [0.29, 0.717) is 127 Å². The third-order valence-electron chi connectivity index (χ3n) is 13.0. The molecule has 0 radical (unpaired) electrons. The molecule has 8 aromatic rings. The zero-order valence-electron chi connectivity index (χ0n) is 43.8. The van der Waals surface area contributed by atoms with Crippen LogP contribution in [0, 0.1) is 23.7 Å². The molecule has 12 nitrogen and oxygen atoms in total. The molecule has 2 heterocycles. The average molecular weight is 1200 g/mol. The molecule has 81 heavy (non-hydrogen) atoms. The van der Waals surface area contributed by atoms with Crippen molar-refractivity contribution in [2.75, 3.05) is 20.0 Å². The van der Waals surface area contributed by atoms with Crippen LogP contribution in [0.15, 0.2) is 118 Å². The summed E-state index contributed by atoms with van der Waals surface area (Å²) in [5.41, 5.74) is 13.9. The van der Waals surface area contributed by atoms with Crippen LogP contribution >= 0.6 is 69.6 Å². The third-order valence-corrected chi connectivity index (χ3v) is 14.9. The molecule has 2 aliphatic rings. The van der Waals surface area contributed by atoms with Crippen molar-refractivity contribution in [1.82, 2.24) is 10.3 Å². The maximum atomic E-state index is 12.2. The number of benzene rings is 6. The van der Waals surface area contributed by atoms with Gasteiger partial charge in [0.2, 0.25) is 0 Å². The van der Waals surface area contributed by atoms with Crippen molar-refractivity contribution in [1.29, 1.82) is 0 Å². The molecule has 6 aromatic carbocycles. The molecular formula is C63H49Cl6N3O9. The van der Waals surface area contributed by atoms with Gasteiger partial charge in [-0.3, -0.25) is 4.79 Å². The van der Waals surface area contributed by atoms with E-state index in [1.165, 1.54) is 20.3 Å². The summed E-state index contributed by atoms with van der Waals surface area (Å²) in [7, 11) is 2.62. The normalized spacial score (nSPS) is 12.5. The quantitative estimate of drug-likeness (QED) is 0.0553. The number of nitrogen functional groups attached to an aromatic ring is 1. The molecule has 2 saturated carbocycles. The second-order valence-corrected chi connectivity index (χ2v) is 21.5. The van der Waals surface area contributed by atoms with E-state index < -0.39 is 11.9 Å². The molecule has 0 atom stereocenters. The van der Waals surface area contributed by atoms with Gasteiger partial charge in [0.15, 0.2) is 0 Å². The Morgan fingerprint density at radius 3 is 1.43 bits per heavy atom. The van der Waals surface area contributed by atoms with E-state index in [2.05, 4.69) is 34.0 Å². The predicted octanol–water partition coefficient (Wildman–Crippen LogP) is 16.4. The average Bonchev–Trinajstić information content (AvgIpc) is 4.49. The van der Waals surface area contributed by atoms with Gasteiger partial charge >= 0.3 is 11.9 Å². The molecule has 18 heteroatoms. The Morgan fingerprint density at radius 2 is 1.01 bits per heavy atom. The summed E-state index contributed by atoms with van der Waals surface area (Å²) in [4.78, 5) is 36.3. The number of aromatic nitrogens is 2. The van der Waals surface area contributed by atoms with Crippen LogP contribution in [-0.2, 0) is 33.9 Å². The van der Waals surface area contributed by atoms with Crippen molar-refractivity contribution < 1.29 is 42.4 Å². The number of nitrogens with two attached hydrogens (primary N) is 1. The Morgan fingerprint density at radius 1 is 0.568 bits per heavy atom. The third kappa shape index (κ3) is 14.6. The zero-order chi connectivity index (χ0) is 57.3. The molecule has 0 saturated heterocycles. The number of anilines is 1. The van der Waals surface area contributed by atoms with Crippen molar-refractivity contribution in [3.8, 4) is 57.7 Å². The van der Waals surface area contributed by atoms with Crippen molar-refractivity contribution in [3.05, 3.63) is 201 Å². The van der Waals surface area contributed by atoms with Gasteiger partial charge in [0.1, 0.15) is 53.4 Å². The number of hydrogen-bond acceptors (Lipinski definition) is 12. The largest absolute Gasteiger partial charge is 0.489 e. The summed E-state index contributed by atoms with van der Waals surface area (Å²) in [5, 5.41) is 11.3. The molecule has 0 aliphatic heterocycles. The van der Waals surface area contributed by atoms with E-state index in [1.54, 1.807) is 103 Å². The second kappa shape index (κ2) is 26.5. The van der Waals surface area contributed by atoms with Gasteiger partial charge in [0.05, 0.1) is 66.6 Å². The van der Waals surface area contributed by atoms with Gasteiger partial charge in [-0.1, -0.05) is 123 Å². The van der Waals surface area contributed by atoms with Crippen LogP contribution in [0.3, 0.4) is 0 Å². The molecule has 2 aromatic heterocycles. The summed E-state index contributed by atoms with van der Waals surface area (Å²) < 4.78 is 33.3. The number of hydrogen-bond donors (Lipinski definition) is 1. The van der Waals surface area contributed by atoms with Crippen LogP contribution < -0.4 is 15.2 Å². The fraction of sp³-hybridized carbons (Fsp3) is 0.222. The van der Waals surface area contributed by atoms with Crippen molar-refractivity contribution in [2.45, 2.75) is 76.9 Å². The number of carbonyl (C=O) groups is 3. The zero-order valence-corrected chi connectivity index (χ0v) is 48.4. The van der Waals surface area contributed by atoms with E-state index >= 15 is 0 Å². The number of esters is 2. The Bertz CT molecular complexity index is 3800. The Kier molecular flexibility index (Phi) is 19.0. The maximum Gasteiger partial charge on any atom is 0.337 e. The highest BCUT2D eigenvalue weighted by Crippen LogP contribution is 2.48. The lowest BCUT2D eigenvalue weighted by Crippen LogP contribution is -2.06. The van der Waals surface area contributed by atoms with Crippen LogP contribution in [0.2, 0.25) is 30.1 Å². The predicted molar refractivity (Wildman–Crippen MR) is 315 cm³/mol. The van der Waals surface area contributed by atoms with Crippen molar-refractivity contribution in [2.24, 2.45) is 0 Å². The Labute approximate surface area is 498 Å². The standard InChI is InChI=1S/C34H28Cl3NO5.C29H21Cl3N2O4/c1-3-5-25(39)17-21-14-20(15-24(16-21)34(40)41-2)8-9-22-12-13-26(18-30(22)37)42-19-27-32(38-43-33(27)23-10-11-23)31-28(35)6-4-7-29(31)36;1-36-29(35)19-11-16(12-20(33)13-19)5-6-17-9-10-21(14-25(17)32)37-15-22-27(34-38-28(22)18-7-8-18)26-23(30)3-2-4-24(26)31/h4,6-7,12-16,18,23H,3,5,10-11,17,19H2,1-2H3;2-4,9-14,18H,7-8,15,33H2,1H3. The van der Waals surface area contributed by atoms with Gasteiger partial charge in [-0.25, -0.2) is 9.59 Å². The molecule has 0 amide bonds. The van der Waals surface area contributed by atoms with Crippen LogP contribution in [-0.4, -0.2) is 42.3 Å². The van der Waals surface area contributed by atoms with E-state index in [1.807, 2.05) is 6.92 Å². The summed E-state index contributed by atoms with van der Waals surface area (Å²) in [6.45, 7) is 2.34. The van der Waals surface area contributed by atoms with Crippen LogP contribution in [0.5, 0.6) is 11.5 Å². The van der Waals surface area contributed by atoms with Crippen molar-refractivity contribution >= 4 is 93.0 Å². The van der Waals surface area contributed by atoms with E-state index in [-0.39, 0.29) is 25.4 Å². The number of methoxy groups -OCH3 is 2. The number of halogens is 6. The lowest BCUT2D eigenvalue weighted by Gasteiger charge is -2.10. The monoisotopic (exact) mass is 1200 g/mol. The number of ketones is 1. The molecule has 0 unspecified atom stereocenters. The fourth-order valence-corrected chi connectivity index (χ4v) is 10.3. The topological polar surface area (TPSA) is 166 Å². The molecule has 2 fully saturated rings. The minimum atomic E-state index is -0.495. The Balaban J connectivity index is 0.000000197. The van der Waals surface area contributed by atoms with Gasteiger partial charge in [0.25, 0.3) is 0 Å². The number of carbonyl (C=O) groups excluding carboxylic acids is 3. The molecule has 0 bridgehead atoms. The number of Topliss-reactive ketones (excluding diaryl/α,β-unsaturated/α-hetero) is 1.